The van der Waals surface area contributed by atoms with Crippen LogP contribution < -0.4 is 4.74 Å². The van der Waals surface area contributed by atoms with E-state index in [0.717, 1.165) is 27.7 Å². The van der Waals surface area contributed by atoms with Crippen LogP contribution in [-0.4, -0.2) is 14.5 Å². The highest BCUT2D eigenvalue weighted by molar-refractivity contribution is 7.23. The third kappa shape index (κ3) is 3.17. The van der Waals surface area contributed by atoms with Crippen LogP contribution in [-0.2, 0) is 5.41 Å². The van der Waals surface area contributed by atoms with Gasteiger partial charge in [-0.25, -0.2) is 4.98 Å². The summed E-state index contributed by atoms with van der Waals surface area (Å²) in [5.41, 5.74) is 7.14. The minimum absolute atomic E-state index is 0.0785. The van der Waals surface area contributed by atoms with Crippen LogP contribution in [0.25, 0.3) is 59.2 Å². The molecule has 1 aliphatic rings. The number of nitrogens with zero attached hydrogens (tertiary/aromatic N) is 3. The Hall–Kier alpha value is -5.00. The monoisotopic (exact) mass is 559 g/mol. The topological polar surface area (TPSA) is 39.9 Å². The molecular formula is C37H25N3OS. The Morgan fingerprint density at radius 1 is 0.667 bits per heavy atom. The second-order valence-electron chi connectivity index (χ2n) is 11.4. The zero-order valence-electron chi connectivity index (χ0n) is 23.1. The first-order chi connectivity index (χ1) is 20.6. The van der Waals surface area contributed by atoms with Gasteiger partial charge in [0.05, 0.1) is 26.6 Å². The Balaban J connectivity index is 1.39. The molecule has 1 aliphatic carbocycles. The molecule has 0 amide bonds. The highest BCUT2D eigenvalue weighted by Gasteiger charge is 2.39. The number of benzene rings is 5. The van der Waals surface area contributed by atoms with Gasteiger partial charge in [-0.2, -0.15) is 4.98 Å². The first kappa shape index (κ1) is 23.7. The van der Waals surface area contributed by atoms with Gasteiger partial charge in [-0.05, 0) is 52.4 Å². The fraction of sp³-hybridized carbons (Fsp3) is 0.0811. The van der Waals surface area contributed by atoms with Gasteiger partial charge >= 0.3 is 0 Å². The number of aromatic nitrogens is 3. The fourth-order valence-electron chi connectivity index (χ4n) is 6.80. The molecule has 0 atom stereocenters. The van der Waals surface area contributed by atoms with Crippen LogP contribution in [0.15, 0.2) is 115 Å². The number of ether oxygens (including phenoxy) is 1. The second kappa shape index (κ2) is 8.51. The van der Waals surface area contributed by atoms with Crippen molar-refractivity contribution >= 4 is 54.1 Å². The summed E-state index contributed by atoms with van der Waals surface area (Å²) in [4.78, 5) is 11.6. The Morgan fingerprint density at radius 3 is 2.26 bits per heavy atom. The predicted octanol–water partition coefficient (Wildman–Crippen LogP) is 10.0. The Morgan fingerprint density at radius 2 is 1.38 bits per heavy atom. The van der Waals surface area contributed by atoms with Gasteiger partial charge in [0, 0.05) is 21.1 Å². The lowest BCUT2D eigenvalue weighted by atomic mass is 9.81. The van der Waals surface area contributed by atoms with E-state index in [0.29, 0.717) is 11.8 Å². The number of hydrogen-bond acceptors (Lipinski definition) is 4. The van der Waals surface area contributed by atoms with Gasteiger partial charge in [0.15, 0.2) is 0 Å². The molecule has 9 rings (SSSR count). The summed E-state index contributed by atoms with van der Waals surface area (Å²) < 4.78 is 9.90. The molecule has 4 nitrogen and oxygen atoms in total. The number of hydrogen-bond donors (Lipinski definition) is 0. The van der Waals surface area contributed by atoms with Crippen molar-refractivity contribution in [2.45, 2.75) is 19.3 Å². The van der Waals surface area contributed by atoms with E-state index in [9.17, 15) is 0 Å². The van der Waals surface area contributed by atoms with Crippen molar-refractivity contribution < 1.29 is 4.74 Å². The molecular weight excluding hydrogens is 534 g/mol. The lowest BCUT2D eigenvalue weighted by molar-refractivity contribution is 0.467. The molecule has 200 valence electrons. The largest absolute Gasteiger partial charge is 0.438 e. The number of rotatable bonds is 3. The highest BCUT2D eigenvalue weighted by atomic mass is 32.1. The lowest BCUT2D eigenvalue weighted by Crippen LogP contribution is -2.14. The van der Waals surface area contributed by atoms with E-state index in [2.05, 4.69) is 79.1 Å². The van der Waals surface area contributed by atoms with Crippen LogP contribution in [0, 0.1) is 0 Å². The molecule has 5 aromatic carbocycles. The fourth-order valence-corrected chi connectivity index (χ4v) is 8.33. The minimum Gasteiger partial charge on any atom is -0.438 e. The van der Waals surface area contributed by atoms with E-state index in [1.165, 1.54) is 42.4 Å². The van der Waals surface area contributed by atoms with Gasteiger partial charge < -0.3 is 4.74 Å². The van der Waals surface area contributed by atoms with Crippen molar-refractivity contribution in [2.24, 2.45) is 0 Å². The second-order valence-corrected chi connectivity index (χ2v) is 12.4. The molecule has 0 bridgehead atoms. The Bertz CT molecular complexity index is 2370. The van der Waals surface area contributed by atoms with Gasteiger partial charge in [0.2, 0.25) is 11.8 Å². The molecule has 3 heterocycles. The van der Waals surface area contributed by atoms with Gasteiger partial charge in [-0.15, -0.1) is 11.3 Å². The van der Waals surface area contributed by atoms with Crippen molar-refractivity contribution in [2.75, 3.05) is 0 Å². The standard InChI is InChI=1S/C37H25N3OS/c1-37(2)28-17-9-6-15-25(28)33-31(37)27-21-20-24-23-14-8-11-19-30(23)40(32(24)34(27)42-33)36-38-29-18-10-7-16-26(29)35(39-36)41-22-12-4-3-5-13-22/h3-21H,1-2H3. The first-order valence-corrected chi connectivity index (χ1v) is 15.0. The van der Waals surface area contributed by atoms with E-state index in [4.69, 9.17) is 14.7 Å². The summed E-state index contributed by atoms with van der Waals surface area (Å²) in [7, 11) is 0. The molecule has 0 spiro atoms. The number of thiophene rings is 1. The van der Waals surface area contributed by atoms with Crippen molar-refractivity contribution in [1.82, 2.24) is 14.5 Å². The summed E-state index contributed by atoms with van der Waals surface area (Å²) in [6, 6.07) is 39.9. The SMILES string of the molecule is CC1(C)c2ccccc2-c2sc3c(ccc4c5ccccc5n(-c5nc(Oc6ccccc6)c6ccccc6n5)c43)c21. The molecule has 0 N–H and O–H groups in total. The van der Waals surface area contributed by atoms with Gasteiger partial charge in [-0.3, -0.25) is 4.57 Å². The van der Waals surface area contributed by atoms with Crippen molar-refractivity contribution in [3.8, 4) is 28.0 Å². The third-order valence-corrected chi connectivity index (χ3v) is 9.92. The van der Waals surface area contributed by atoms with Gasteiger partial charge in [0.25, 0.3) is 0 Å². The zero-order chi connectivity index (χ0) is 28.0. The van der Waals surface area contributed by atoms with E-state index < -0.39 is 0 Å². The molecule has 8 aromatic rings. The highest BCUT2D eigenvalue weighted by Crippen LogP contribution is 2.56. The summed E-state index contributed by atoms with van der Waals surface area (Å²) in [6.07, 6.45) is 0. The van der Waals surface area contributed by atoms with Crippen molar-refractivity contribution in [3.63, 3.8) is 0 Å². The molecule has 0 fully saturated rings. The van der Waals surface area contributed by atoms with Gasteiger partial charge in [0.1, 0.15) is 5.75 Å². The van der Waals surface area contributed by atoms with Crippen LogP contribution in [0.4, 0.5) is 0 Å². The van der Waals surface area contributed by atoms with Crippen molar-refractivity contribution in [1.29, 1.82) is 0 Å². The summed E-state index contributed by atoms with van der Waals surface area (Å²) in [5.74, 6) is 1.89. The van der Waals surface area contributed by atoms with Gasteiger partial charge in [-0.1, -0.05) is 98.8 Å². The first-order valence-electron chi connectivity index (χ1n) is 14.2. The maximum absolute atomic E-state index is 6.40. The van der Waals surface area contributed by atoms with Crippen LogP contribution in [0.1, 0.15) is 25.0 Å². The molecule has 0 aliphatic heterocycles. The average molecular weight is 560 g/mol. The average Bonchev–Trinajstić information content (AvgIpc) is 3.65. The summed E-state index contributed by atoms with van der Waals surface area (Å²) >= 11 is 1.89. The normalized spacial score (nSPS) is 13.7. The molecule has 0 unspecified atom stereocenters. The minimum atomic E-state index is -0.0785. The molecule has 42 heavy (non-hydrogen) atoms. The lowest BCUT2D eigenvalue weighted by Gasteiger charge is -2.21. The molecule has 0 radical (unpaired) electrons. The number of para-hydroxylation sites is 3. The van der Waals surface area contributed by atoms with E-state index >= 15 is 0 Å². The van der Waals surface area contributed by atoms with Crippen LogP contribution in [0.3, 0.4) is 0 Å². The summed E-state index contributed by atoms with van der Waals surface area (Å²) in [6.45, 7) is 4.70. The van der Waals surface area contributed by atoms with E-state index in [1.807, 2.05) is 65.9 Å². The van der Waals surface area contributed by atoms with Crippen LogP contribution >= 0.6 is 11.3 Å². The Labute approximate surface area is 246 Å². The predicted molar refractivity (Wildman–Crippen MR) is 173 cm³/mol. The maximum Gasteiger partial charge on any atom is 0.238 e. The molecule has 3 aromatic heterocycles. The number of fused-ring (bicyclic) bond motifs is 10. The smallest absolute Gasteiger partial charge is 0.238 e. The van der Waals surface area contributed by atoms with E-state index in [-0.39, 0.29) is 5.41 Å². The summed E-state index contributed by atoms with van der Waals surface area (Å²) in [5, 5.41) is 4.56. The molecule has 5 heteroatoms. The molecule has 0 saturated heterocycles. The molecule has 0 saturated carbocycles. The Kier molecular flexibility index (Phi) is 4.80. The van der Waals surface area contributed by atoms with Crippen LogP contribution in [0.5, 0.6) is 11.6 Å². The maximum atomic E-state index is 6.40. The van der Waals surface area contributed by atoms with Crippen LogP contribution in [0.2, 0.25) is 0 Å². The third-order valence-electron chi connectivity index (χ3n) is 8.67. The zero-order valence-corrected chi connectivity index (χ0v) is 23.9. The van der Waals surface area contributed by atoms with E-state index in [1.54, 1.807) is 0 Å². The van der Waals surface area contributed by atoms with Crippen molar-refractivity contribution in [3.05, 3.63) is 126 Å². The quantitative estimate of drug-likeness (QED) is 0.216.